The van der Waals surface area contributed by atoms with E-state index in [1.165, 1.54) is 0 Å². The largest absolute Gasteiger partial charge is 0.0906 e. The third-order valence-corrected chi connectivity index (χ3v) is 1.52. The van der Waals surface area contributed by atoms with Crippen LogP contribution in [0.25, 0.3) is 0 Å². The molecule has 0 amide bonds. The van der Waals surface area contributed by atoms with Crippen LogP contribution in [-0.4, -0.2) is 0 Å². The van der Waals surface area contributed by atoms with Crippen molar-refractivity contribution < 1.29 is 0 Å². The molecule has 0 heterocycles. The maximum Gasteiger partial charge on any atom is 0.0181 e. The van der Waals surface area contributed by atoms with Gasteiger partial charge in [0.25, 0.3) is 0 Å². The highest BCUT2D eigenvalue weighted by Gasteiger charge is 1.85. The Balaban J connectivity index is 3.07. The van der Waals surface area contributed by atoms with Gasteiger partial charge in [-0.1, -0.05) is 34.6 Å². The first-order valence-electron chi connectivity index (χ1n) is 2.61. The van der Waals surface area contributed by atoms with Crippen LogP contribution >= 0.6 is 15.9 Å². The lowest BCUT2D eigenvalue weighted by molar-refractivity contribution is 1.55. The molecule has 45 valence electrons. The monoisotopic (exact) mass is 181 g/mol. The highest BCUT2D eigenvalue weighted by molar-refractivity contribution is 9.10. The third kappa shape index (κ3) is 1.68. The first-order valence-corrected chi connectivity index (χ1v) is 3.41. The molecule has 0 fully saturated rings. The summed E-state index contributed by atoms with van der Waals surface area (Å²) in [6, 6.07) is 7.85. The first-order chi connectivity index (χ1) is 4.33. The zero-order chi connectivity index (χ0) is 6.69. The van der Waals surface area contributed by atoms with E-state index in [0.717, 1.165) is 10.0 Å². The van der Waals surface area contributed by atoms with Crippen LogP contribution in [0.1, 0.15) is 5.56 Å². The summed E-state index contributed by atoms with van der Waals surface area (Å²) in [5.41, 5.74) is 1.02. The van der Waals surface area contributed by atoms with E-state index in [1.54, 1.807) is 0 Å². The lowest BCUT2D eigenvalue weighted by Gasteiger charge is -1.90. The molecule has 0 nitrogen and oxygen atoms in total. The Bertz CT molecular complexity index is 216. The molecule has 0 unspecified atom stereocenters. The standard InChI is InChI=1S/C8H6Br/c1-2-7-4-3-5-8(9)6-7/h3-6H,1H2. The minimum absolute atomic E-state index is 1.02. The van der Waals surface area contributed by atoms with Crippen LogP contribution in [0.5, 0.6) is 0 Å². The first kappa shape index (κ1) is 6.56. The molecule has 0 N–H and O–H groups in total. The van der Waals surface area contributed by atoms with Gasteiger partial charge >= 0.3 is 0 Å². The van der Waals surface area contributed by atoms with Crippen molar-refractivity contribution in [3.05, 3.63) is 47.0 Å². The molecule has 0 bridgehead atoms. The molecule has 0 aliphatic heterocycles. The van der Waals surface area contributed by atoms with E-state index in [-0.39, 0.29) is 0 Å². The lowest BCUT2D eigenvalue weighted by Crippen LogP contribution is -1.69. The number of rotatable bonds is 1. The zero-order valence-corrected chi connectivity index (χ0v) is 6.48. The van der Waals surface area contributed by atoms with Gasteiger partial charge in [0, 0.05) is 4.47 Å². The second-order valence-electron chi connectivity index (χ2n) is 1.69. The van der Waals surface area contributed by atoms with Crippen molar-refractivity contribution in [1.29, 1.82) is 0 Å². The van der Waals surface area contributed by atoms with E-state index in [1.807, 2.05) is 24.3 Å². The Hall–Kier alpha value is -0.560. The van der Waals surface area contributed by atoms with Crippen LogP contribution in [0, 0.1) is 6.08 Å². The van der Waals surface area contributed by atoms with Gasteiger partial charge < -0.3 is 0 Å². The summed E-state index contributed by atoms with van der Waals surface area (Å²) < 4.78 is 1.07. The topological polar surface area (TPSA) is 0 Å². The molecule has 0 spiro atoms. The predicted molar refractivity (Wildman–Crippen MR) is 42.1 cm³/mol. The van der Waals surface area contributed by atoms with Gasteiger partial charge in [-0.25, -0.2) is 0 Å². The molecule has 1 rings (SSSR count). The van der Waals surface area contributed by atoms with Crippen LogP contribution in [0.15, 0.2) is 35.3 Å². The van der Waals surface area contributed by atoms with Gasteiger partial charge in [0.2, 0.25) is 0 Å². The van der Waals surface area contributed by atoms with Crippen molar-refractivity contribution >= 4 is 15.9 Å². The van der Waals surface area contributed by atoms with Gasteiger partial charge in [0.05, 0.1) is 0 Å². The van der Waals surface area contributed by atoms with E-state index < -0.39 is 0 Å². The Kier molecular flexibility index (Phi) is 2.06. The fourth-order valence-electron chi connectivity index (χ4n) is 0.598. The highest BCUT2D eigenvalue weighted by Crippen LogP contribution is 2.10. The molecule has 1 aromatic rings. The Morgan fingerprint density at radius 2 is 2.22 bits per heavy atom. The molecule has 9 heavy (non-hydrogen) atoms. The molecule has 0 saturated heterocycles. The smallest absolute Gasteiger partial charge is 0.0181 e. The number of benzene rings is 1. The summed E-state index contributed by atoms with van der Waals surface area (Å²) in [4.78, 5) is 0. The third-order valence-electron chi connectivity index (χ3n) is 1.03. The van der Waals surface area contributed by atoms with Gasteiger partial charge in [-0.2, -0.15) is 0 Å². The number of halogens is 1. The van der Waals surface area contributed by atoms with Crippen LogP contribution in [0.4, 0.5) is 0 Å². The molecule has 0 aliphatic carbocycles. The number of hydrogen-bond acceptors (Lipinski definition) is 0. The molecule has 0 atom stereocenters. The van der Waals surface area contributed by atoms with Crippen LogP contribution in [-0.2, 0) is 0 Å². The van der Waals surface area contributed by atoms with E-state index in [2.05, 4.69) is 28.6 Å². The minimum atomic E-state index is 1.02. The molecule has 0 saturated carbocycles. The van der Waals surface area contributed by atoms with Crippen LogP contribution in [0.3, 0.4) is 0 Å². The summed E-state index contributed by atoms with van der Waals surface area (Å²) in [5.74, 6) is 0. The summed E-state index contributed by atoms with van der Waals surface area (Å²) in [7, 11) is 0. The van der Waals surface area contributed by atoms with Crippen LogP contribution in [0.2, 0.25) is 0 Å². The van der Waals surface area contributed by atoms with Crippen LogP contribution < -0.4 is 0 Å². The molecule has 0 aliphatic rings. The van der Waals surface area contributed by atoms with Gasteiger partial charge in [-0.05, 0) is 23.8 Å². The zero-order valence-electron chi connectivity index (χ0n) is 4.89. The second kappa shape index (κ2) is 2.83. The Labute approximate surface area is 63.3 Å². The van der Waals surface area contributed by atoms with Crippen molar-refractivity contribution in [2.24, 2.45) is 0 Å². The molecular weight excluding hydrogens is 176 g/mol. The van der Waals surface area contributed by atoms with Crippen molar-refractivity contribution in [1.82, 2.24) is 0 Å². The van der Waals surface area contributed by atoms with Crippen molar-refractivity contribution in [3.63, 3.8) is 0 Å². The van der Waals surface area contributed by atoms with Gasteiger partial charge in [0.15, 0.2) is 0 Å². The van der Waals surface area contributed by atoms with Gasteiger partial charge in [-0.15, -0.1) is 0 Å². The molecule has 1 radical (unpaired) electrons. The highest BCUT2D eigenvalue weighted by atomic mass is 79.9. The average molecular weight is 182 g/mol. The molecular formula is C8H6Br. The van der Waals surface area contributed by atoms with Gasteiger partial charge in [0.1, 0.15) is 0 Å². The summed E-state index contributed by atoms with van der Waals surface area (Å²) in [6.07, 6.45) is 2.79. The predicted octanol–water partition coefficient (Wildman–Crippen LogP) is 2.79. The average Bonchev–Trinajstić information content (AvgIpc) is 1.88. The van der Waals surface area contributed by atoms with E-state index in [4.69, 9.17) is 0 Å². The fraction of sp³-hybridized carbons (Fsp3) is 0. The summed E-state index contributed by atoms with van der Waals surface area (Å²) >= 11 is 3.34. The van der Waals surface area contributed by atoms with Crippen molar-refractivity contribution in [2.75, 3.05) is 0 Å². The SMILES string of the molecule is C=[C]c1cccc(Br)c1. The maximum atomic E-state index is 3.53. The minimum Gasteiger partial charge on any atom is -0.0906 e. The quantitative estimate of drug-likeness (QED) is 0.626. The van der Waals surface area contributed by atoms with Gasteiger partial charge in [-0.3, -0.25) is 0 Å². The van der Waals surface area contributed by atoms with E-state index >= 15 is 0 Å². The number of hydrogen-bond donors (Lipinski definition) is 0. The van der Waals surface area contributed by atoms with E-state index in [0.29, 0.717) is 0 Å². The lowest BCUT2D eigenvalue weighted by atomic mass is 10.2. The second-order valence-corrected chi connectivity index (χ2v) is 2.60. The summed E-state index contributed by atoms with van der Waals surface area (Å²) in [6.45, 7) is 3.53. The Morgan fingerprint density at radius 3 is 2.67 bits per heavy atom. The molecule has 1 aromatic carbocycles. The molecule has 1 heteroatoms. The maximum absolute atomic E-state index is 3.53. The summed E-state index contributed by atoms with van der Waals surface area (Å²) in [5, 5.41) is 0. The Morgan fingerprint density at radius 1 is 1.44 bits per heavy atom. The normalized spacial score (nSPS) is 9.00. The van der Waals surface area contributed by atoms with E-state index in [9.17, 15) is 0 Å². The van der Waals surface area contributed by atoms with Crippen molar-refractivity contribution in [3.8, 4) is 0 Å². The van der Waals surface area contributed by atoms with Crippen molar-refractivity contribution in [2.45, 2.75) is 0 Å². The molecule has 0 aromatic heterocycles. The fourth-order valence-corrected chi connectivity index (χ4v) is 0.998.